The number of carbonyl (C=O) groups excluding carboxylic acids is 3. The van der Waals surface area contributed by atoms with Crippen molar-refractivity contribution in [2.24, 2.45) is 0 Å². The first kappa shape index (κ1) is 23.7. The number of rotatable bonds is 7. The number of urea groups is 1. The number of aromatic nitrogens is 1. The molecule has 9 heteroatoms. The van der Waals surface area contributed by atoms with Gasteiger partial charge in [-0.1, -0.05) is 12.1 Å². The van der Waals surface area contributed by atoms with Crippen molar-refractivity contribution in [3.05, 3.63) is 88.6 Å². The second kappa shape index (κ2) is 9.84. The molecule has 0 saturated carbocycles. The molecule has 8 nitrogen and oxygen atoms in total. The topological polar surface area (TPSA) is 89.9 Å². The van der Waals surface area contributed by atoms with Crippen LogP contribution >= 0.6 is 0 Å². The van der Waals surface area contributed by atoms with Crippen LogP contribution in [0.4, 0.5) is 9.18 Å². The normalized spacial score (nSPS) is 14.4. The van der Waals surface area contributed by atoms with E-state index >= 15 is 0 Å². The van der Waals surface area contributed by atoms with Crippen molar-refractivity contribution in [1.82, 2.24) is 14.8 Å². The highest BCUT2D eigenvalue weighted by Crippen LogP contribution is 2.25. The van der Waals surface area contributed by atoms with Gasteiger partial charge in [0.15, 0.2) is 0 Å². The van der Waals surface area contributed by atoms with Crippen LogP contribution in [0, 0.1) is 19.7 Å². The molecule has 1 aliphatic rings. The second-order valence-electron chi connectivity index (χ2n) is 8.03. The zero-order chi connectivity index (χ0) is 25.1. The van der Waals surface area contributed by atoms with Crippen molar-refractivity contribution in [1.29, 1.82) is 0 Å². The van der Waals surface area contributed by atoms with Gasteiger partial charge in [-0.25, -0.2) is 14.1 Å². The van der Waals surface area contributed by atoms with E-state index in [2.05, 4.69) is 10.1 Å². The molecule has 3 amide bonds. The SMILES string of the molecule is COC(=O)CN1C(=O)N/C(=C/c2cc(C)n(-c3ccc(OCc4ccc(F)cc4)cc3)c2C)C1=O. The third-order valence-corrected chi connectivity index (χ3v) is 5.66. The molecule has 4 rings (SSSR count). The molecular weight excluding hydrogens is 453 g/mol. The van der Waals surface area contributed by atoms with Gasteiger partial charge in [-0.15, -0.1) is 0 Å². The molecule has 1 saturated heterocycles. The van der Waals surface area contributed by atoms with Crippen LogP contribution in [0.3, 0.4) is 0 Å². The minimum Gasteiger partial charge on any atom is -0.489 e. The molecule has 2 heterocycles. The highest BCUT2D eigenvalue weighted by Gasteiger charge is 2.35. The van der Waals surface area contributed by atoms with Crippen LogP contribution in [-0.4, -0.2) is 41.0 Å². The summed E-state index contributed by atoms with van der Waals surface area (Å²) in [4.78, 5) is 37.0. The number of esters is 1. The molecule has 1 fully saturated rings. The molecule has 180 valence electrons. The average molecular weight is 477 g/mol. The van der Waals surface area contributed by atoms with Crippen molar-refractivity contribution >= 4 is 24.0 Å². The lowest BCUT2D eigenvalue weighted by Crippen LogP contribution is -2.36. The number of amides is 3. The standard InChI is InChI=1S/C26H24FN3O5/c1-16-12-19(13-23-25(32)29(26(33)28-23)14-24(31)34-3)17(2)30(16)21-8-10-22(11-9-21)35-15-18-4-6-20(27)7-5-18/h4-13H,14-15H2,1-3H3,(H,28,33)/b23-13+. The van der Waals surface area contributed by atoms with Gasteiger partial charge in [-0.05, 0) is 73.5 Å². The first-order valence-corrected chi connectivity index (χ1v) is 10.8. The lowest BCUT2D eigenvalue weighted by molar-refractivity contribution is -0.143. The Bertz CT molecular complexity index is 1310. The summed E-state index contributed by atoms with van der Waals surface area (Å²) in [5.74, 6) is -0.887. The fraction of sp³-hybridized carbons (Fsp3) is 0.192. The van der Waals surface area contributed by atoms with E-state index in [0.717, 1.165) is 33.1 Å². The highest BCUT2D eigenvalue weighted by molar-refractivity contribution is 6.15. The predicted molar refractivity (Wildman–Crippen MR) is 126 cm³/mol. The Morgan fingerprint density at radius 3 is 2.40 bits per heavy atom. The van der Waals surface area contributed by atoms with E-state index < -0.39 is 24.5 Å². The summed E-state index contributed by atoms with van der Waals surface area (Å²) in [6.45, 7) is 3.72. The number of aryl methyl sites for hydroxylation is 1. The Kier molecular flexibility index (Phi) is 6.68. The number of methoxy groups -OCH3 is 1. The molecule has 1 aromatic heterocycles. The van der Waals surface area contributed by atoms with Crippen molar-refractivity contribution < 1.29 is 28.2 Å². The van der Waals surface area contributed by atoms with Crippen LogP contribution < -0.4 is 10.1 Å². The summed E-state index contributed by atoms with van der Waals surface area (Å²) in [5, 5.41) is 2.51. The molecule has 0 spiro atoms. The number of nitrogens with zero attached hydrogens (tertiary/aromatic N) is 2. The maximum Gasteiger partial charge on any atom is 0.329 e. The molecule has 1 aliphatic heterocycles. The van der Waals surface area contributed by atoms with Crippen LogP contribution in [-0.2, 0) is 20.9 Å². The van der Waals surface area contributed by atoms with E-state index in [1.165, 1.54) is 19.2 Å². The zero-order valence-corrected chi connectivity index (χ0v) is 19.5. The fourth-order valence-electron chi connectivity index (χ4n) is 3.83. The maximum absolute atomic E-state index is 13.0. The third kappa shape index (κ3) is 5.08. The van der Waals surface area contributed by atoms with E-state index in [9.17, 15) is 18.8 Å². The number of ether oxygens (including phenoxy) is 2. The molecule has 0 unspecified atom stereocenters. The molecule has 35 heavy (non-hydrogen) atoms. The first-order chi connectivity index (χ1) is 16.8. The van der Waals surface area contributed by atoms with Gasteiger partial charge in [0, 0.05) is 17.1 Å². The molecule has 0 aliphatic carbocycles. The monoisotopic (exact) mass is 477 g/mol. The maximum atomic E-state index is 13.0. The molecular formula is C26H24FN3O5. The lowest BCUT2D eigenvalue weighted by Gasteiger charge is -2.12. The number of benzene rings is 2. The number of hydrogen-bond acceptors (Lipinski definition) is 5. The highest BCUT2D eigenvalue weighted by atomic mass is 19.1. The summed E-state index contributed by atoms with van der Waals surface area (Å²) in [6.07, 6.45) is 1.59. The van der Waals surface area contributed by atoms with E-state index in [-0.39, 0.29) is 11.5 Å². The van der Waals surface area contributed by atoms with E-state index in [1.807, 2.05) is 48.7 Å². The molecule has 0 radical (unpaired) electrons. The second-order valence-corrected chi connectivity index (χ2v) is 8.03. The quantitative estimate of drug-likeness (QED) is 0.317. The van der Waals surface area contributed by atoms with Gasteiger partial charge >= 0.3 is 12.0 Å². The number of imide groups is 1. The largest absolute Gasteiger partial charge is 0.489 e. The van der Waals surface area contributed by atoms with Crippen LogP contribution in [0.1, 0.15) is 22.5 Å². The number of halogens is 1. The summed E-state index contributed by atoms with van der Waals surface area (Å²) in [7, 11) is 1.19. The van der Waals surface area contributed by atoms with Gasteiger partial charge in [-0.3, -0.25) is 9.59 Å². The van der Waals surface area contributed by atoms with Gasteiger partial charge in [0.1, 0.15) is 30.4 Å². The summed E-state index contributed by atoms with van der Waals surface area (Å²) >= 11 is 0. The Hall–Kier alpha value is -4.40. The van der Waals surface area contributed by atoms with Gasteiger partial charge in [0.2, 0.25) is 0 Å². The zero-order valence-electron chi connectivity index (χ0n) is 19.5. The Morgan fingerprint density at radius 2 is 1.74 bits per heavy atom. The molecule has 1 N–H and O–H groups in total. The van der Waals surface area contributed by atoms with Crippen molar-refractivity contribution in [2.45, 2.75) is 20.5 Å². The summed E-state index contributed by atoms with van der Waals surface area (Å²) in [6, 6.07) is 14.9. The van der Waals surface area contributed by atoms with E-state index in [0.29, 0.717) is 12.4 Å². The molecule has 3 aromatic rings. The average Bonchev–Trinajstić information content (AvgIpc) is 3.27. The Morgan fingerprint density at radius 1 is 1.06 bits per heavy atom. The van der Waals surface area contributed by atoms with Crippen LogP contribution in [0.15, 0.2) is 60.3 Å². The van der Waals surface area contributed by atoms with Crippen LogP contribution in [0.25, 0.3) is 11.8 Å². The smallest absolute Gasteiger partial charge is 0.329 e. The minimum atomic E-state index is -0.682. The van der Waals surface area contributed by atoms with Crippen molar-refractivity contribution in [3.63, 3.8) is 0 Å². The number of hydrogen-bond donors (Lipinski definition) is 1. The van der Waals surface area contributed by atoms with Crippen molar-refractivity contribution in [3.8, 4) is 11.4 Å². The van der Waals surface area contributed by atoms with E-state index in [1.54, 1.807) is 18.2 Å². The van der Waals surface area contributed by atoms with Gasteiger partial charge in [0.25, 0.3) is 5.91 Å². The van der Waals surface area contributed by atoms with Crippen LogP contribution in [0.2, 0.25) is 0 Å². The van der Waals surface area contributed by atoms with Gasteiger partial charge in [-0.2, -0.15) is 0 Å². The predicted octanol–water partition coefficient (Wildman–Crippen LogP) is 3.88. The Labute approximate surface area is 201 Å². The summed E-state index contributed by atoms with van der Waals surface area (Å²) < 4.78 is 25.4. The summed E-state index contributed by atoms with van der Waals surface area (Å²) in [5.41, 5.74) is 4.39. The fourth-order valence-corrected chi connectivity index (χ4v) is 3.83. The third-order valence-electron chi connectivity index (χ3n) is 5.66. The number of carbonyl (C=O) groups is 3. The van der Waals surface area contributed by atoms with Crippen LogP contribution in [0.5, 0.6) is 5.75 Å². The molecule has 0 bridgehead atoms. The minimum absolute atomic E-state index is 0.0868. The molecule has 0 atom stereocenters. The molecule has 2 aromatic carbocycles. The Balaban J connectivity index is 1.50. The van der Waals surface area contributed by atoms with Gasteiger partial charge < -0.3 is 19.4 Å². The van der Waals surface area contributed by atoms with Gasteiger partial charge in [0.05, 0.1) is 7.11 Å². The van der Waals surface area contributed by atoms with E-state index in [4.69, 9.17) is 4.74 Å². The first-order valence-electron chi connectivity index (χ1n) is 10.8. The lowest BCUT2D eigenvalue weighted by atomic mass is 10.2. The number of nitrogens with one attached hydrogen (secondary N) is 1. The van der Waals surface area contributed by atoms with Crippen molar-refractivity contribution in [2.75, 3.05) is 13.7 Å².